The van der Waals surface area contributed by atoms with Crippen LogP contribution in [0.4, 0.5) is 8.78 Å². The fourth-order valence-electron chi connectivity index (χ4n) is 1.87. The van der Waals surface area contributed by atoms with E-state index in [0.29, 0.717) is 12.0 Å². The lowest BCUT2D eigenvalue weighted by molar-refractivity contribution is -0.134. The van der Waals surface area contributed by atoms with E-state index in [1.807, 2.05) is 33.9 Å². The molecule has 0 unspecified atom stereocenters. The van der Waals surface area contributed by atoms with Crippen LogP contribution in [0.25, 0.3) is 5.57 Å². The minimum absolute atomic E-state index is 0.0246. The molecule has 0 radical (unpaired) electrons. The molecule has 0 spiro atoms. The van der Waals surface area contributed by atoms with E-state index in [2.05, 4.69) is 4.74 Å². The third-order valence-electron chi connectivity index (χ3n) is 4.40. The van der Waals surface area contributed by atoms with Crippen LogP contribution in [0.1, 0.15) is 39.7 Å². The molecule has 0 atom stereocenters. The first-order valence-electron chi connectivity index (χ1n) is 7.90. The third kappa shape index (κ3) is 4.66. The molecule has 1 rings (SSSR count). The van der Waals surface area contributed by atoms with Gasteiger partial charge in [-0.05, 0) is 36.2 Å². The second-order valence-electron chi connectivity index (χ2n) is 7.17. The van der Waals surface area contributed by atoms with Gasteiger partial charge in [-0.1, -0.05) is 27.7 Å². The quantitative estimate of drug-likeness (QED) is 0.407. The Balaban J connectivity index is 3.40. The molecule has 0 heterocycles. The number of carbonyl (C=O) groups excluding carboxylic acids is 1. The monoisotopic (exact) mass is 356 g/mol. The number of esters is 1. The first-order valence-corrected chi connectivity index (χ1v) is 10.8. The molecule has 0 aliphatic carbocycles. The number of methoxy groups -OCH3 is 1. The maximum absolute atomic E-state index is 14.9. The van der Waals surface area contributed by atoms with Gasteiger partial charge in [-0.15, -0.1) is 0 Å². The average Bonchev–Trinajstić information content (AvgIpc) is 2.46. The number of allylic oxidation sites excluding steroid dienone is 1. The maximum atomic E-state index is 14.9. The Hall–Kier alpha value is -1.69. The van der Waals surface area contributed by atoms with Gasteiger partial charge in [0.05, 0.1) is 7.11 Å². The predicted octanol–water partition coefficient (Wildman–Crippen LogP) is 5.32. The van der Waals surface area contributed by atoms with Crippen molar-refractivity contribution in [3.63, 3.8) is 0 Å². The largest absolute Gasteiger partial charge is 0.541 e. The molecule has 0 saturated carbocycles. The summed E-state index contributed by atoms with van der Waals surface area (Å²) in [5.41, 5.74) is 0.385. The van der Waals surface area contributed by atoms with Crippen LogP contribution in [-0.2, 0) is 9.53 Å². The number of hydrogen-bond acceptors (Lipinski definition) is 3. The Morgan fingerprint density at radius 2 is 1.83 bits per heavy atom. The van der Waals surface area contributed by atoms with E-state index in [0.717, 1.165) is 12.1 Å². The average molecular weight is 356 g/mol. The minimum Gasteiger partial charge on any atom is -0.541 e. The van der Waals surface area contributed by atoms with Crippen LogP contribution in [-0.4, -0.2) is 21.4 Å². The fourth-order valence-corrected chi connectivity index (χ4v) is 2.88. The van der Waals surface area contributed by atoms with Crippen molar-refractivity contribution in [3.05, 3.63) is 35.4 Å². The molecule has 0 fully saturated rings. The zero-order valence-electron chi connectivity index (χ0n) is 15.4. The summed E-state index contributed by atoms with van der Waals surface area (Å²) in [5.74, 6) is -1.98. The Kier molecular flexibility index (Phi) is 6.33. The molecule has 0 N–H and O–H groups in total. The second-order valence-corrected chi connectivity index (χ2v) is 11.9. The summed E-state index contributed by atoms with van der Waals surface area (Å²) in [6.45, 7) is 11.7. The van der Waals surface area contributed by atoms with Crippen molar-refractivity contribution in [2.24, 2.45) is 0 Å². The van der Waals surface area contributed by atoms with Crippen LogP contribution < -0.4 is 4.43 Å². The summed E-state index contributed by atoms with van der Waals surface area (Å²) >= 11 is 0. The number of benzene rings is 1. The van der Waals surface area contributed by atoms with Crippen LogP contribution in [0.2, 0.25) is 18.1 Å². The van der Waals surface area contributed by atoms with Crippen LogP contribution in [0.5, 0.6) is 5.75 Å². The summed E-state index contributed by atoms with van der Waals surface area (Å²) in [5, 5.41) is -0.151. The Morgan fingerprint density at radius 1 is 1.25 bits per heavy atom. The highest BCUT2D eigenvalue weighted by Crippen LogP contribution is 2.39. The molecule has 0 aliphatic rings. The number of carbonyl (C=O) groups is 1. The van der Waals surface area contributed by atoms with E-state index >= 15 is 0 Å². The van der Waals surface area contributed by atoms with E-state index in [1.54, 1.807) is 6.92 Å². The molecule has 3 nitrogen and oxygen atoms in total. The normalized spacial score (nSPS) is 13.0. The summed E-state index contributed by atoms with van der Waals surface area (Å²) in [7, 11) is -1.09. The van der Waals surface area contributed by atoms with Crippen molar-refractivity contribution >= 4 is 19.9 Å². The SMILES string of the molecule is CC/C(=C\C(=O)OC)c1cc(F)cc(O[Si](C)(C)C(C)(C)C)c1F. The van der Waals surface area contributed by atoms with Crippen molar-refractivity contribution in [1.82, 2.24) is 0 Å². The Morgan fingerprint density at radius 3 is 2.29 bits per heavy atom. The van der Waals surface area contributed by atoms with Crippen molar-refractivity contribution in [2.45, 2.75) is 52.2 Å². The van der Waals surface area contributed by atoms with Crippen LogP contribution >= 0.6 is 0 Å². The van der Waals surface area contributed by atoms with Crippen molar-refractivity contribution in [1.29, 1.82) is 0 Å². The zero-order chi connectivity index (χ0) is 18.7. The van der Waals surface area contributed by atoms with E-state index < -0.39 is 25.9 Å². The smallest absolute Gasteiger partial charge is 0.330 e. The molecule has 0 aromatic heterocycles. The number of halogens is 2. The summed E-state index contributed by atoms with van der Waals surface area (Å²) in [6.07, 6.45) is 1.53. The molecule has 1 aromatic carbocycles. The topological polar surface area (TPSA) is 35.5 Å². The molecular weight excluding hydrogens is 330 g/mol. The molecule has 24 heavy (non-hydrogen) atoms. The standard InChI is InChI=1S/C18H26F2O3Si/c1-8-12(9-16(21)22-5)14-10-13(19)11-15(17(14)20)23-24(6,7)18(2,3)4/h9-11H,8H2,1-7H3/b12-9+. The van der Waals surface area contributed by atoms with E-state index in [-0.39, 0.29) is 16.4 Å². The fraction of sp³-hybridized carbons (Fsp3) is 0.500. The lowest BCUT2D eigenvalue weighted by atomic mass is 10.0. The molecule has 0 bridgehead atoms. The Bertz CT molecular complexity index is 646. The zero-order valence-corrected chi connectivity index (χ0v) is 16.4. The van der Waals surface area contributed by atoms with Gasteiger partial charge in [-0.3, -0.25) is 0 Å². The number of rotatable bonds is 5. The van der Waals surface area contributed by atoms with Gasteiger partial charge in [0.15, 0.2) is 5.82 Å². The van der Waals surface area contributed by atoms with Gasteiger partial charge < -0.3 is 9.16 Å². The van der Waals surface area contributed by atoms with Crippen molar-refractivity contribution in [3.8, 4) is 5.75 Å². The molecular formula is C18H26F2O3Si. The van der Waals surface area contributed by atoms with Gasteiger partial charge in [0.1, 0.15) is 11.6 Å². The van der Waals surface area contributed by atoms with E-state index in [1.165, 1.54) is 13.2 Å². The first-order chi connectivity index (χ1) is 10.9. The number of ether oxygens (including phenoxy) is 1. The Labute approximate surface area is 143 Å². The highest BCUT2D eigenvalue weighted by molar-refractivity contribution is 6.74. The lowest BCUT2D eigenvalue weighted by Crippen LogP contribution is -2.44. The van der Waals surface area contributed by atoms with Crippen LogP contribution in [0.3, 0.4) is 0 Å². The molecule has 1 aromatic rings. The minimum atomic E-state index is -2.32. The summed E-state index contributed by atoms with van der Waals surface area (Å²) in [4.78, 5) is 11.5. The van der Waals surface area contributed by atoms with Crippen molar-refractivity contribution < 1.29 is 22.7 Å². The molecule has 0 saturated heterocycles. The van der Waals surface area contributed by atoms with Crippen LogP contribution in [0.15, 0.2) is 18.2 Å². The van der Waals surface area contributed by atoms with Gasteiger partial charge in [-0.2, -0.15) is 0 Å². The van der Waals surface area contributed by atoms with E-state index in [4.69, 9.17) is 4.43 Å². The highest BCUT2D eigenvalue weighted by atomic mass is 28.4. The van der Waals surface area contributed by atoms with Gasteiger partial charge in [0.25, 0.3) is 8.32 Å². The third-order valence-corrected chi connectivity index (χ3v) is 8.74. The first kappa shape index (κ1) is 20.4. The van der Waals surface area contributed by atoms with Gasteiger partial charge in [-0.25, -0.2) is 13.6 Å². The molecule has 6 heteroatoms. The predicted molar refractivity (Wildman–Crippen MR) is 94.5 cm³/mol. The van der Waals surface area contributed by atoms with Gasteiger partial charge in [0.2, 0.25) is 0 Å². The van der Waals surface area contributed by atoms with Gasteiger partial charge in [0, 0.05) is 17.7 Å². The summed E-state index contributed by atoms with van der Waals surface area (Å²) in [6, 6.07) is 2.14. The highest BCUT2D eigenvalue weighted by Gasteiger charge is 2.39. The molecule has 134 valence electrons. The molecule has 0 amide bonds. The maximum Gasteiger partial charge on any atom is 0.330 e. The van der Waals surface area contributed by atoms with Crippen molar-refractivity contribution in [2.75, 3.05) is 7.11 Å². The van der Waals surface area contributed by atoms with E-state index in [9.17, 15) is 13.6 Å². The van der Waals surface area contributed by atoms with Crippen LogP contribution in [0, 0.1) is 11.6 Å². The lowest BCUT2D eigenvalue weighted by Gasteiger charge is -2.36. The number of hydrogen-bond donors (Lipinski definition) is 0. The molecule has 0 aliphatic heterocycles. The second kappa shape index (κ2) is 7.47. The summed E-state index contributed by atoms with van der Waals surface area (Å²) < 4.78 is 39.4. The van der Waals surface area contributed by atoms with Gasteiger partial charge >= 0.3 is 5.97 Å².